The molecule has 1 aliphatic rings. The van der Waals surface area contributed by atoms with Crippen molar-refractivity contribution in [2.24, 2.45) is 76.7 Å². The maximum absolute atomic E-state index is 6.87. The second kappa shape index (κ2) is 38.2. The Morgan fingerprint density at radius 1 is 0.382 bits per heavy atom. The van der Waals surface area contributed by atoms with Gasteiger partial charge in [0, 0.05) is 6.61 Å². The van der Waals surface area contributed by atoms with Gasteiger partial charge in [-0.15, -0.1) is 0 Å². The highest BCUT2D eigenvalue weighted by atomic mass is 16.6. The Bertz CT molecular complexity index is 1150. The molecule has 408 valence electrons. The van der Waals surface area contributed by atoms with Crippen LogP contribution in [0.5, 0.6) is 0 Å². The smallest absolute Gasteiger partial charge is 0.105 e. The first-order chi connectivity index (χ1) is 32.0. The Morgan fingerprint density at radius 2 is 0.765 bits per heavy atom. The third kappa shape index (κ3) is 34.1. The summed E-state index contributed by atoms with van der Waals surface area (Å²) in [4.78, 5) is 0. The largest absolute Gasteiger partial charge is 0.379 e. The number of nitrogens with two attached hydrogens (primary N) is 1. The van der Waals surface area contributed by atoms with Crippen molar-refractivity contribution >= 4 is 0 Å². The zero-order valence-electron chi connectivity index (χ0n) is 47.8. The molecule has 0 aliphatic carbocycles. The number of ether oxygens (including phenoxy) is 10. The average Bonchev–Trinajstić information content (AvgIpc) is 3.21. The van der Waals surface area contributed by atoms with Crippen molar-refractivity contribution < 1.29 is 47.4 Å². The Morgan fingerprint density at radius 3 is 1.24 bits per heavy atom. The van der Waals surface area contributed by atoms with Crippen molar-refractivity contribution in [1.29, 1.82) is 0 Å². The van der Waals surface area contributed by atoms with Crippen LogP contribution < -0.4 is 5.73 Å². The SMILES string of the molecule is CC(C)CC(COCC(COCC(COC[C@H](N)COCC(CC(C)C)C(C)C)OC(COCC1COCC(CC(C)C)O1)CC(C)C)OCC(CC(C)C)C(C)C)OCC(CC(C)C)C(C)C. The van der Waals surface area contributed by atoms with Crippen molar-refractivity contribution in [2.45, 2.75) is 206 Å². The Balaban J connectivity index is 3.17. The van der Waals surface area contributed by atoms with Crippen LogP contribution >= 0.6 is 0 Å². The van der Waals surface area contributed by atoms with Crippen molar-refractivity contribution in [3.63, 3.8) is 0 Å². The first-order valence-corrected chi connectivity index (χ1v) is 27.8. The van der Waals surface area contributed by atoms with Gasteiger partial charge in [0.05, 0.1) is 110 Å². The van der Waals surface area contributed by atoms with Gasteiger partial charge in [0.1, 0.15) is 18.3 Å². The van der Waals surface area contributed by atoms with Crippen LogP contribution in [0.25, 0.3) is 0 Å². The summed E-state index contributed by atoms with van der Waals surface area (Å²) >= 11 is 0. The molecule has 0 saturated carbocycles. The van der Waals surface area contributed by atoms with E-state index in [0.717, 1.165) is 45.1 Å². The number of hydrogen-bond donors (Lipinski definition) is 1. The zero-order chi connectivity index (χ0) is 51.2. The van der Waals surface area contributed by atoms with Crippen LogP contribution in [0.4, 0.5) is 0 Å². The van der Waals surface area contributed by atoms with Gasteiger partial charge in [-0.25, -0.2) is 0 Å². The van der Waals surface area contributed by atoms with Crippen LogP contribution in [-0.2, 0) is 47.4 Å². The van der Waals surface area contributed by atoms with E-state index in [2.05, 4.69) is 125 Å². The fraction of sp³-hybridized carbons (Fsp3) is 1.00. The second-order valence-electron chi connectivity index (χ2n) is 24.4. The minimum Gasteiger partial charge on any atom is -0.379 e. The van der Waals surface area contributed by atoms with E-state index < -0.39 is 0 Å². The molecule has 10 atom stereocenters. The molecule has 0 spiro atoms. The zero-order valence-corrected chi connectivity index (χ0v) is 47.8. The Labute approximate surface area is 421 Å². The summed E-state index contributed by atoms with van der Waals surface area (Å²) in [6.45, 7) is 47.8. The fourth-order valence-electron chi connectivity index (χ4n) is 9.06. The van der Waals surface area contributed by atoms with Gasteiger partial charge in [-0.05, 0) is 110 Å². The lowest BCUT2D eigenvalue weighted by atomic mass is 9.88. The fourth-order valence-corrected chi connectivity index (χ4v) is 9.06. The standard InChI is InChI=1S/C57H115NO10/c1-39(2)19-48(45(13)14)25-59-28-51(58)29-60-35-56(67-53(23-43(9)10)31-62-36-57-37-63-32-54(68-57)24-44(11)12)38-64-34-55(66-27-50(47(17)18)21-41(5)6)33-61-30-52(22-42(7)8)65-26-49(46(15)16)20-40(3)4/h39-57H,19-38,58H2,1-18H3/t48?,49?,50?,51-,52?,53?,54?,55?,56?,57?/m1/s1. The maximum Gasteiger partial charge on any atom is 0.105 e. The van der Waals surface area contributed by atoms with E-state index >= 15 is 0 Å². The molecular formula is C57H115NO10. The summed E-state index contributed by atoms with van der Waals surface area (Å²) < 4.78 is 64.4. The monoisotopic (exact) mass is 974 g/mol. The minimum atomic E-state index is -0.356. The van der Waals surface area contributed by atoms with Crippen LogP contribution in [0.1, 0.15) is 163 Å². The Kier molecular flexibility index (Phi) is 36.8. The molecule has 68 heavy (non-hydrogen) atoms. The van der Waals surface area contributed by atoms with Gasteiger partial charge in [-0.3, -0.25) is 0 Å². The van der Waals surface area contributed by atoms with Crippen molar-refractivity contribution in [2.75, 3.05) is 92.5 Å². The predicted molar refractivity (Wildman–Crippen MR) is 281 cm³/mol. The van der Waals surface area contributed by atoms with Gasteiger partial charge < -0.3 is 53.1 Å². The molecule has 1 aliphatic heterocycles. The van der Waals surface area contributed by atoms with E-state index in [9.17, 15) is 0 Å². The molecular weight excluding hydrogens is 859 g/mol. The molecule has 1 fully saturated rings. The summed E-state index contributed by atoms with van der Waals surface area (Å²) in [6.07, 6.45) is 5.43. The molecule has 0 amide bonds. The lowest BCUT2D eigenvalue weighted by molar-refractivity contribution is -0.171. The van der Waals surface area contributed by atoms with Gasteiger partial charge in [-0.2, -0.15) is 0 Å². The summed E-state index contributed by atoms with van der Waals surface area (Å²) in [5.41, 5.74) is 6.57. The van der Waals surface area contributed by atoms with Crippen molar-refractivity contribution in [3.8, 4) is 0 Å². The lowest BCUT2D eigenvalue weighted by Crippen LogP contribution is -2.41. The summed E-state index contributed by atoms with van der Waals surface area (Å²) in [7, 11) is 0. The molecule has 9 unspecified atom stereocenters. The lowest BCUT2D eigenvalue weighted by Gasteiger charge is -2.32. The van der Waals surface area contributed by atoms with Gasteiger partial charge in [0.25, 0.3) is 0 Å². The highest BCUT2D eigenvalue weighted by Crippen LogP contribution is 2.25. The maximum atomic E-state index is 6.87. The van der Waals surface area contributed by atoms with Crippen LogP contribution in [-0.4, -0.2) is 135 Å². The van der Waals surface area contributed by atoms with Gasteiger partial charge in [-0.1, -0.05) is 125 Å². The normalized spacial score (nSPS) is 19.9. The van der Waals surface area contributed by atoms with E-state index in [1.165, 1.54) is 0 Å². The molecule has 0 radical (unpaired) electrons. The van der Waals surface area contributed by atoms with Crippen molar-refractivity contribution in [1.82, 2.24) is 0 Å². The second-order valence-corrected chi connectivity index (χ2v) is 24.4. The van der Waals surface area contributed by atoms with E-state index in [1.54, 1.807) is 0 Å². The Hall–Kier alpha value is -0.440. The summed E-state index contributed by atoms with van der Waals surface area (Å²) in [5, 5.41) is 0. The molecule has 0 bridgehead atoms. The predicted octanol–water partition coefficient (Wildman–Crippen LogP) is 11.8. The summed E-state index contributed by atoms with van der Waals surface area (Å²) in [6, 6.07) is -0.250. The first-order valence-electron chi connectivity index (χ1n) is 27.8. The van der Waals surface area contributed by atoms with E-state index in [1.807, 2.05) is 0 Å². The molecule has 1 saturated heterocycles. The molecule has 0 aromatic heterocycles. The average molecular weight is 975 g/mol. The third-order valence-corrected chi connectivity index (χ3v) is 12.9. The molecule has 11 heteroatoms. The molecule has 11 nitrogen and oxygen atoms in total. The highest BCUT2D eigenvalue weighted by molar-refractivity contribution is 4.74. The highest BCUT2D eigenvalue weighted by Gasteiger charge is 2.27. The quantitative estimate of drug-likeness (QED) is 0.0629. The summed E-state index contributed by atoms with van der Waals surface area (Å²) in [5.74, 6) is 6.40. The molecule has 0 aromatic carbocycles. The molecule has 2 N–H and O–H groups in total. The molecule has 1 rings (SSSR count). The molecule has 1 heterocycles. The van der Waals surface area contributed by atoms with E-state index in [0.29, 0.717) is 157 Å². The van der Waals surface area contributed by atoms with Crippen molar-refractivity contribution in [3.05, 3.63) is 0 Å². The van der Waals surface area contributed by atoms with E-state index in [4.69, 9.17) is 53.1 Å². The van der Waals surface area contributed by atoms with Crippen LogP contribution in [0.2, 0.25) is 0 Å². The van der Waals surface area contributed by atoms with Gasteiger partial charge in [0.2, 0.25) is 0 Å². The van der Waals surface area contributed by atoms with Crippen LogP contribution in [0.3, 0.4) is 0 Å². The first kappa shape index (κ1) is 65.6. The third-order valence-electron chi connectivity index (χ3n) is 12.9. The van der Waals surface area contributed by atoms with Gasteiger partial charge >= 0.3 is 0 Å². The van der Waals surface area contributed by atoms with E-state index in [-0.39, 0.29) is 42.7 Å². The topological polar surface area (TPSA) is 118 Å². The van der Waals surface area contributed by atoms with Crippen LogP contribution in [0, 0.1) is 71.0 Å². The number of hydrogen-bond acceptors (Lipinski definition) is 11. The van der Waals surface area contributed by atoms with Gasteiger partial charge in [0.15, 0.2) is 0 Å². The van der Waals surface area contributed by atoms with Crippen LogP contribution in [0.15, 0.2) is 0 Å². The number of rotatable bonds is 43. The minimum absolute atomic E-state index is 0.0245. The molecule has 0 aromatic rings.